The molecule has 120 valence electrons. The fraction of sp³-hybridized carbons (Fsp3) is 0.529. The molecule has 1 saturated heterocycles. The number of nitrogens with zero attached hydrogens (tertiary/aromatic N) is 1. The molecule has 0 bridgehead atoms. The molecule has 5 nitrogen and oxygen atoms in total. The van der Waals surface area contributed by atoms with Crippen LogP contribution in [0.2, 0.25) is 0 Å². The molecular formula is C17H25N3O2. The number of benzene rings is 1. The van der Waals surface area contributed by atoms with Gasteiger partial charge in [0.1, 0.15) is 0 Å². The van der Waals surface area contributed by atoms with E-state index in [1.54, 1.807) is 12.1 Å². The predicted octanol–water partition coefficient (Wildman–Crippen LogP) is 2.85. The third-order valence-electron chi connectivity index (χ3n) is 4.02. The van der Waals surface area contributed by atoms with Crippen molar-refractivity contribution in [2.75, 3.05) is 23.7 Å². The van der Waals surface area contributed by atoms with E-state index in [2.05, 4.69) is 15.5 Å². The Bertz CT molecular complexity index is 522. The van der Waals surface area contributed by atoms with Gasteiger partial charge in [-0.2, -0.15) is 0 Å². The van der Waals surface area contributed by atoms with Crippen molar-refractivity contribution in [3.63, 3.8) is 0 Å². The largest absolute Gasteiger partial charge is 0.326 e. The first-order chi connectivity index (χ1) is 10.6. The van der Waals surface area contributed by atoms with E-state index < -0.39 is 0 Å². The first-order valence-corrected chi connectivity index (χ1v) is 7.99. The summed E-state index contributed by atoms with van der Waals surface area (Å²) in [4.78, 5) is 25.8. The molecule has 1 aromatic rings. The second kappa shape index (κ2) is 7.94. The van der Waals surface area contributed by atoms with Crippen LogP contribution >= 0.6 is 0 Å². The van der Waals surface area contributed by atoms with Crippen LogP contribution in [0.15, 0.2) is 24.3 Å². The number of carbonyl (C=O) groups is 2. The van der Waals surface area contributed by atoms with Gasteiger partial charge in [0.15, 0.2) is 0 Å². The number of likely N-dealkylation sites (tertiary alicyclic amines) is 1. The van der Waals surface area contributed by atoms with E-state index in [-0.39, 0.29) is 17.9 Å². The lowest BCUT2D eigenvalue weighted by molar-refractivity contribution is -0.120. The van der Waals surface area contributed by atoms with Crippen LogP contribution in [-0.4, -0.2) is 35.8 Å². The second-order valence-corrected chi connectivity index (χ2v) is 5.88. The van der Waals surface area contributed by atoms with Crippen LogP contribution in [0.1, 0.15) is 39.5 Å². The van der Waals surface area contributed by atoms with Crippen LogP contribution in [-0.2, 0) is 9.59 Å². The molecule has 1 atom stereocenters. The molecule has 2 rings (SSSR count). The van der Waals surface area contributed by atoms with Crippen molar-refractivity contribution in [3.8, 4) is 0 Å². The molecule has 22 heavy (non-hydrogen) atoms. The van der Waals surface area contributed by atoms with E-state index >= 15 is 0 Å². The fourth-order valence-corrected chi connectivity index (χ4v) is 2.77. The van der Waals surface area contributed by atoms with Crippen molar-refractivity contribution < 1.29 is 9.59 Å². The number of anilines is 2. The van der Waals surface area contributed by atoms with Crippen LogP contribution in [0.5, 0.6) is 0 Å². The van der Waals surface area contributed by atoms with Crippen molar-refractivity contribution in [2.45, 2.75) is 45.6 Å². The summed E-state index contributed by atoms with van der Waals surface area (Å²) in [5.74, 6) is -0.122. The van der Waals surface area contributed by atoms with Gasteiger partial charge in [0, 0.05) is 18.3 Å². The van der Waals surface area contributed by atoms with Gasteiger partial charge >= 0.3 is 0 Å². The highest BCUT2D eigenvalue weighted by Gasteiger charge is 2.22. The monoisotopic (exact) mass is 303 g/mol. The maximum absolute atomic E-state index is 12.4. The van der Waals surface area contributed by atoms with Crippen molar-refractivity contribution in [2.24, 2.45) is 0 Å². The molecule has 0 aliphatic carbocycles. The highest BCUT2D eigenvalue weighted by atomic mass is 16.2. The van der Waals surface area contributed by atoms with Gasteiger partial charge in [-0.3, -0.25) is 14.5 Å². The quantitative estimate of drug-likeness (QED) is 0.899. The lowest BCUT2D eigenvalue weighted by Crippen LogP contribution is -2.42. The summed E-state index contributed by atoms with van der Waals surface area (Å²) in [7, 11) is 0. The summed E-state index contributed by atoms with van der Waals surface area (Å²) in [5, 5.41) is 5.66. The van der Waals surface area contributed by atoms with Crippen LogP contribution < -0.4 is 10.6 Å². The van der Waals surface area contributed by atoms with Crippen LogP contribution in [0.3, 0.4) is 0 Å². The molecule has 0 unspecified atom stereocenters. The number of hydrogen-bond acceptors (Lipinski definition) is 3. The van der Waals surface area contributed by atoms with E-state index in [0.717, 1.165) is 25.9 Å². The smallest absolute Gasteiger partial charge is 0.241 e. The van der Waals surface area contributed by atoms with Crippen molar-refractivity contribution in [1.82, 2.24) is 4.90 Å². The minimum atomic E-state index is -0.137. The van der Waals surface area contributed by atoms with Crippen molar-refractivity contribution in [1.29, 1.82) is 0 Å². The molecule has 5 heteroatoms. The minimum absolute atomic E-state index is 0.00174. The molecule has 0 aromatic heterocycles. The van der Waals surface area contributed by atoms with Gasteiger partial charge in [0.25, 0.3) is 0 Å². The second-order valence-electron chi connectivity index (χ2n) is 5.88. The van der Waals surface area contributed by atoms with Crippen LogP contribution in [0.25, 0.3) is 0 Å². The Kier molecular flexibility index (Phi) is 5.95. The molecule has 1 aliphatic heterocycles. The Morgan fingerprint density at radius 3 is 2.23 bits per heavy atom. The van der Waals surface area contributed by atoms with Gasteiger partial charge in [-0.25, -0.2) is 0 Å². The van der Waals surface area contributed by atoms with Crippen LogP contribution in [0, 0.1) is 0 Å². The zero-order valence-corrected chi connectivity index (χ0v) is 13.4. The average molecular weight is 303 g/mol. The van der Waals surface area contributed by atoms with E-state index in [1.165, 1.54) is 19.8 Å². The highest BCUT2D eigenvalue weighted by Crippen LogP contribution is 2.17. The first-order valence-electron chi connectivity index (χ1n) is 7.99. The van der Waals surface area contributed by atoms with E-state index in [1.807, 2.05) is 19.1 Å². The lowest BCUT2D eigenvalue weighted by Gasteiger charge is -2.26. The SMILES string of the molecule is CC(=O)Nc1cccc(NC(=O)[C@H](C)N2CCCCCC2)c1. The van der Waals surface area contributed by atoms with E-state index in [9.17, 15) is 9.59 Å². The number of nitrogens with one attached hydrogen (secondary N) is 2. The molecule has 1 aromatic carbocycles. The number of hydrogen-bond donors (Lipinski definition) is 2. The maximum Gasteiger partial charge on any atom is 0.241 e. The molecule has 0 saturated carbocycles. The molecular weight excluding hydrogens is 278 g/mol. The van der Waals surface area contributed by atoms with Gasteiger partial charge in [-0.15, -0.1) is 0 Å². The fourth-order valence-electron chi connectivity index (χ4n) is 2.77. The predicted molar refractivity (Wildman–Crippen MR) is 88.9 cm³/mol. The first kappa shape index (κ1) is 16.5. The third-order valence-corrected chi connectivity index (χ3v) is 4.02. The summed E-state index contributed by atoms with van der Waals surface area (Å²) < 4.78 is 0. The summed E-state index contributed by atoms with van der Waals surface area (Å²) in [6.45, 7) is 5.39. The number of rotatable bonds is 4. The van der Waals surface area contributed by atoms with Crippen molar-refractivity contribution in [3.05, 3.63) is 24.3 Å². The van der Waals surface area contributed by atoms with Gasteiger partial charge in [0.05, 0.1) is 6.04 Å². The number of amides is 2. The summed E-state index contributed by atoms with van der Waals surface area (Å²) in [5.41, 5.74) is 1.39. The topological polar surface area (TPSA) is 61.4 Å². The summed E-state index contributed by atoms with van der Waals surface area (Å²) in [6, 6.07) is 7.09. The van der Waals surface area contributed by atoms with Gasteiger partial charge in [-0.05, 0) is 51.1 Å². The van der Waals surface area contributed by atoms with Gasteiger partial charge in [0.2, 0.25) is 11.8 Å². The minimum Gasteiger partial charge on any atom is -0.326 e. The van der Waals surface area contributed by atoms with E-state index in [4.69, 9.17) is 0 Å². The molecule has 0 radical (unpaired) electrons. The Morgan fingerprint density at radius 2 is 1.64 bits per heavy atom. The Morgan fingerprint density at radius 1 is 1.05 bits per heavy atom. The summed E-state index contributed by atoms with van der Waals surface area (Å²) in [6.07, 6.45) is 4.83. The van der Waals surface area contributed by atoms with Crippen molar-refractivity contribution >= 4 is 23.2 Å². The molecule has 2 N–H and O–H groups in total. The summed E-state index contributed by atoms with van der Waals surface area (Å²) >= 11 is 0. The lowest BCUT2D eigenvalue weighted by atomic mass is 10.2. The molecule has 1 aliphatic rings. The van der Waals surface area contributed by atoms with Gasteiger partial charge < -0.3 is 10.6 Å². The molecule has 1 heterocycles. The number of carbonyl (C=O) groups excluding carboxylic acids is 2. The molecule has 1 fully saturated rings. The molecule has 2 amide bonds. The zero-order valence-electron chi connectivity index (χ0n) is 13.4. The normalized spacial score (nSPS) is 17.4. The van der Waals surface area contributed by atoms with Crippen LogP contribution in [0.4, 0.5) is 11.4 Å². The van der Waals surface area contributed by atoms with E-state index in [0.29, 0.717) is 11.4 Å². The third kappa shape index (κ3) is 4.84. The highest BCUT2D eigenvalue weighted by molar-refractivity contribution is 5.96. The Labute approximate surface area is 132 Å². The average Bonchev–Trinajstić information content (AvgIpc) is 2.75. The molecule has 0 spiro atoms. The Hall–Kier alpha value is -1.88. The standard InChI is InChI=1S/C17H25N3O2/c1-13(20-10-5-3-4-6-11-20)17(22)19-16-9-7-8-15(12-16)18-14(2)21/h7-9,12-13H,3-6,10-11H2,1-2H3,(H,18,21)(H,19,22)/t13-/m0/s1. The zero-order chi connectivity index (χ0) is 15.9. The Balaban J connectivity index is 1.96. The maximum atomic E-state index is 12.4. The van der Waals surface area contributed by atoms with Gasteiger partial charge in [-0.1, -0.05) is 18.9 Å².